The van der Waals surface area contributed by atoms with E-state index < -0.39 is 0 Å². The van der Waals surface area contributed by atoms with Crippen LogP contribution in [0, 0.1) is 0 Å². The van der Waals surface area contributed by atoms with Gasteiger partial charge in [0.2, 0.25) is 0 Å². The van der Waals surface area contributed by atoms with Gasteiger partial charge in [0.1, 0.15) is 0 Å². The molecular weight excluding hydrogens is 212 g/mol. The average molecular weight is 240 g/mol. The smallest absolute Gasteiger partial charge is 0.0576 e. The van der Waals surface area contributed by atoms with Crippen LogP contribution in [0.3, 0.4) is 0 Å². The summed E-state index contributed by atoms with van der Waals surface area (Å²) in [5, 5.41) is 3.62. The molecule has 3 nitrogen and oxygen atoms in total. The number of likely N-dealkylation sites (N-methyl/N-ethyl adjacent to an activating group) is 1. The molecule has 0 aliphatic carbocycles. The molecule has 0 aromatic carbocycles. The highest BCUT2D eigenvalue weighted by Crippen LogP contribution is 2.17. The molecule has 3 heteroatoms. The molecule has 0 aromatic rings. The van der Waals surface area contributed by atoms with Crippen molar-refractivity contribution in [2.75, 3.05) is 33.3 Å². The number of ether oxygens (including phenoxy) is 1. The maximum absolute atomic E-state index is 5.65. The van der Waals surface area contributed by atoms with Gasteiger partial charge in [-0.05, 0) is 58.7 Å². The van der Waals surface area contributed by atoms with Gasteiger partial charge in [0.05, 0.1) is 6.10 Å². The third kappa shape index (κ3) is 4.94. The third-order valence-corrected chi connectivity index (χ3v) is 4.03. The van der Waals surface area contributed by atoms with Gasteiger partial charge in [0.15, 0.2) is 0 Å². The molecule has 2 rings (SSSR count). The minimum Gasteiger partial charge on any atom is -0.378 e. The van der Waals surface area contributed by atoms with Crippen LogP contribution < -0.4 is 5.32 Å². The second-order valence-electron chi connectivity index (χ2n) is 5.69. The molecule has 2 aliphatic rings. The third-order valence-electron chi connectivity index (χ3n) is 4.03. The van der Waals surface area contributed by atoms with E-state index in [1.165, 1.54) is 64.6 Å². The summed E-state index contributed by atoms with van der Waals surface area (Å²) >= 11 is 0. The Morgan fingerprint density at radius 1 is 1.24 bits per heavy atom. The monoisotopic (exact) mass is 240 g/mol. The molecule has 0 radical (unpaired) electrons. The molecule has 17 heavy (non-hydrogen) atoms. The summed E-state index contributed by atoms with van der Waals surface area (Å²) in [7, 11) is 2.26. The van der Waals surface area contributed by atoms with Crippen LogP contribution >= 0.6 is 0 Å². The first kappa shape index (κ1) is 13.3. The molecule has 1 N–H and O–H groups in total. The Labute approximate surface area is 106 Å². The van der Waals surface area contributed by atoms with Gasteiger partial charge >= 0.3 is 0 Å². The zero-order chi connectivity index (χ0) is 11.9. The van der Waals surface area contributed by atoms with Crippen molar-refractivity contribution in [3.63, 3.8) is 0 Å². The maximum atomic E-state index is 5.65. The quantitative estimate of drug-likeness (QED) is 0.769. The van der Waals surface area contributed by atoms with Crippen LogP contribution in [0.5, 0.6) is 0 Å². The maximum Gasteiger partial charge on any atom is 0.0576 e. The Bertz CT molecular complexity index is 198. The van der Waals surface area contributed by atoms with Crippen molar-refractivity contribution in [3.8, 4) is 0 Å². The minimum absolute atomic E-state index is 0.566. The van der Waals surface area contributed by atoms with Crippen molar-refractivity contribution in [2.24, 2.45) is 0 Å². The largest absolute Gasteiger partial charge is 0.378 e. The predicted octanol–water partition coefficient (Wildman–Crippen LogP) is 2.02. The van der Waals surface area contributed by atoms with E-state index in [4.69, 9.17) is 4.74 Å². The lowest BCUT2D eigenvalue weighted by Gasteiger charge is -2.28. The lowest BCUT2D eigenvalue weighted by atomic mass is 10.0. The SMILES string of the molecule is CN(CCCC1CCCO1)CC1CCCCN1. The molecule has 0 aromatic heterocycles. The summed E-state index contributed by atoms with van der Waals surface area (Å²) in [4.78, 5) is 2.48. The van der Waals surface area contributed by atoms with Gasteiger partial charge in [-0.2, -0.15) is 0 Å². The van der Waals surface area contributed by atoms with Gasteiger partial charge in [-0.25, -0.2) is 0 Å². The van der Waals surface area contributed by atoms with Crippen molar-refractivity contribution in [3.05, 3.63) is 0 Å². The fraction of sp³-hybridized carbons (Fsp3) is 1.00. The van der Waals surface area contributed by atoms with E-state index in [1.54, 1.807) is 0 Å². The standard InChI is InChI=1S/C14H28N2O/c1-16(12-13-6-2-3-9-15-13)10-4-7-14-8-5-11-17-14/h13-15H,2-12H2,1H3. The molecule has 0 bridgehead atoms. The topological polar surface area (TPSA) is 24.5 Å². The second kappa shape index (κ2) is 7.34. The Morgan fingerprint density at radius 3 is 2.88 bits per heavy atom. The van der Waals surface area contributed by atoms with Crippen LogP contribution in [0.1, 0.15) is 44.9 Å². The van der Waals surface area contributed by atoms with Crippen molar-refractivity contribution in [1.82, 2.24) is 10.2 Å². The lowest BCUT2D eigenvalue weighted by Crippen LogP contribution is -2.42. The molecule has 2 atom stereocenters. The summed E-state index contributed by atoms with van der Waals surface area (Å²) in [5.74, 6) is 0. The van der Waals surface area contributed by atoms with E-state index in [2.05, 4.69) is 17.3 Å². The van der Waals surface area contributed by atoms with Gasteiger partial charge < -0.3 is 15.0 Å². The summed E-state index contributed by atoms with van der Waals surface area (Å²) in [5.41, 5.74) is 0. The first-order valence-electron chi connectivity index (χ1n) is 7.38. The van der Waals surface area contributed by atoms with Crippen LogP contribution in [0.2, 0.25) is 0 Å². The van der Waals surface area contributed by atoms with Crippen LogP contribution in [0.4, 0.5) is 0 Å². The Morgan fingerprint density at radius 2 is 2.18 bits per heavy atom. The first-order chi connectivity index (χ1) is 8.34. The molecule has 100 valence electrons. The van der Waals surface area contributed by atoms with E-state index >= 15 is 0 Å². The molecule has 2 saturated heterocycles. The van der Waals surface area contributed by atoms with E-state index in [-0.39, 0.29) is 0 Å². The Balaban J connectivity index is 1.52. The highest BCUT2D eigenvalue weighted by atomic mass is 16.5. The Hall–Kier alpha value is -0.120. The summed E-state index contributed by atoms with van der Waals surface area (Å²) in [6, 6.07) is 0.733. The van der Waals surface area contributed by atoms with Gasteiger partial charge in [-0.3, -0.25) is 0 Å². The number of piperidine rings is 1. The van der Waals surface area contributed by atoms with Crippen LogP contribution in [-0.4, -0.2) is 50.3 Å². The van der Waals surface area contributed by atoms with Crippen LogP contribution in [0.15, 0.2) is 0 Å². The molecule has 2 fully saturated rings. The molecule has 2 heterocycles. The normalized spacial score (nSPS) is 30.0. The second-order valence-corrected chi connectivity index (χ2v) is 5.69. The van der Waals surface area contributed by atoms with Crippen LogP contribution in [0.25, 0.3) is 0 Å². The molecule has 2 unspecified atom stereocenters. The van der Waals surface area contributed by atoms with Gasteiger partial charge in [0.25, 0.3) is 0 Å². The number of hydrogen-bond acceptors (Lipinski definition) is 3. The van der Waals surface area contributed by atoms with E-state index in [9.17, 15) is 0 Å². The lowest BCUT2D eigenvalue weighted by molar-refractivity contribution is 0.0992. The highest BCUT2D eigenvalue weighted by Gasteiger charge is 2.16. The number of nitrogens with one attached hydrogen (secondary N) is 1. The summed E-state index contributed by atoms with van der Waals surface area (Å²) in [6.45, 7) is 4.64. The fourth-order valence-corrected chi connectivity index (χ4v) is 3.01. The summed E-state index contributed by atoms with van der Waals surface area (Å²) < 4.78 is 5.65. The summed E-state index contributed by atoms with van der Waals surface area (Å²) in [6.07, 6.45) is 9.78. The number of hydrogen-bond donors (Lipinski definition) is 1. The highest BCUT2D eigenvalue weighted by molar-refractivity contribution is 4.75. The zero-order valence-corrected chi connectivity index (χ0v) is 11.3. The van der Waals surface area contributed by atoms with E-state index in [0.29, 0.717) is 6.10 Å². The zero-order valence-electron chi connectivity index (χ0n) is 11.3. The van der Waals surface area contributed by atoms with Crippen LogP contribution in [-0.2, 0) is 4.74 Å². The predicted molar refractivity (Wildman–Crippen MR) is 71.3 cm³/mol. The molecular formula is C14H28N2O. The van der Waals surface area contributed by atoms with Crippen molar-refractivity contribution in [1.29, 1.82) is 0 Å². The van der Waals surface area contributed by atoms with Crippen molar-refractivity contribution in [2.45, 2.75) is 57.1 Å². The van der Waals surface area contributed by atoms with E-state index in [0.717, 1.165) is 12.6 Å². The van der Waals surface area contributed by atoms with Crippen molar-refractivity contribution >= 4 is 0 Å². The van der Waals surface area contributed by atoms with E-state index in [1.807, 2.05) is 0 Å². The Kier molecular flexibility index (Phi) is 5.75. The fourth-order valence-electron chi connectivity index (χ4n) is 3.01. The average Bonchev–Trinajstić information content (AvgIpc) is 2.83. The molecule has 2 aliphatic heterocycles. The van der Waals surface area contributed by atoms with Gasteiger partial charge in [-0.1, -0.05) is 6.42 Å². The first-order valence-corrected chi connectivity index (χ1v) is 7.38. The van der Waals surface area contributed by atoms with Crippen molar-refractivity contribution < 1.29 is 4.74 Å². The van der Waals surface area contributed by atoms with Gasteiger partial charge in [0, 0.05) is 19.2 Å². The molecule has 0 spiro atoms. The molecule has 0 amide bonds. The molecule has 0 saturated carbocycles. The number of nitrogens with zero attached hydrogens (tertiary/aromatic N) is 1. The van der Waals surface area contributed by atoms with Gasteiger partial charge in [-0.15, -0.1) is 0 Å². The minimum atomic E-state index is 0.566. The number of rotatable bonds is 6.